The maximum atomic E-state index is 13.4. The molecular formula is C21H18F3N3O3S. The van der Waals surface area contributed by atoms with Crippen LogP contribution in [0.25, 0.3) is 0 Å². The number of halogens is 3. The molecule has 1 amide bonds. The van der Waals surface area contributed by atoms with Gasteiger partial charge in [0, 0.05) is 5.69 Å². The van der Waals surface area contributed by atoms with E-state index in [4.69, 9.17) is 27.3 Å². The lowest BCUT2D eigenvalue weighted by Crippen LogP contribution is -2.44. The zero-order chi connectivity index (χ0) is 23.0. The minimum Gasteiger partial charge on any atom is -0.491 e. The van der Waals surface area contributed by atoms with Gasteiger partial charge in [0.25, 0.3) is 5.91 Å². The van der Waals surface area contributed by atoms with E-state index in [-0.39, 0.29) is 24.0 Å². The molecule has 0 aromatic heterocycles. The number of benzene rings is 2. The van der Waals surface area contributed by atoms with Gasteiger partial charge < -0.3 is 14.7 Å². The number of amides is 1. The molecule has 1 fully saturated rings. The van der Waals surface area contributed by atoms with Crippen molar-refractivity contribution in [2.45, 2.75) is 25.6 Å². The lowest BCUT2D eigenvalue weighted by atomic mass is 10.0. The molecular weight excluding hydrogens is 433 g/mol. The molecule has 162 valence electrons. The number of hydrogen-bond donors (Lipinski definition) is 1. The second-order valence-corrected chi connectivity index (χ2v) is 7.59. The summed E-state index contributed by atoms with van der Waals surface area (Å²) in [5, 5.41) is 17.9. The highest BCUT2D eigenvalue weighted by atomic mass is 32.1. The molecule has 3 rings (SSSR count). The van der Waals surface area contributed by atoms with E-state index < -0.39 is 28.7 Å². The van der Waals surface area contributed by atoms with Gasteiger partial charge in [-0.25, -0.2) is 0 Å². The molecule has 0 unspecified atom stereocenters. The first-order chi connectivity index (χ1) is 14.5. The molecule has 2 aromatic rings. The SMILES string of the molecule is CC1(C)C(=O)N(c2ccc([14C]#N)c(C(F)(F)F)c2)C(=S)N1c1ccc(OCCO)cc1. The van der Waals surface area contributed by atoms with Crippen LogP contribution in [0.1, 0.15) is 25.0 Å². The maximum absolute atomic E-state index is 13.4. The van der Waals surface area contributed by atoms with Crippen molar-refractivity contribution in [3.8, 4) is 11.8 Å². The van der Waals surface area contributed by atoms with E-state index in [0.717, 1.165) is 17.0 Å². The van der Waals surface area contributed by atoms with Crippen molar-refractivity contribution in [3.05, 3.63) is 53.6 Å². The van der Waals surface area contributed by atoms with E-state index in [1.54, 1.807) is 43.0 Å². The number of carbonyl (C=O) groups excluding carboxylic acids is 1. The van der Waals surface area contributed by atoms with E-state index in [1.807, 2.05) is 0 Å². The van der Waals surface area contributed by atoms with Crippen LogP contribution in [0.3, 0.4) is 0 Å². The fraction of sp³-hybridized carbons (Fsp3) is 0.286. The predicted octanol–water partition coefficient (Wildman–Crippen LogP) is 3.86. The fourth-order valence-electron chi connectivity index (χ4n) is 3.31. The van der Waals surface area contributed by atoms with Crippen LogP contribution in [0.5, 0.6) is 5.75 Å². The normalized spacial score (nSPS) is 15.9. The Hall–Kier alpha value is -3.16. The topological polar surface area (TPSA) is 76.8 Å². The van der Waals surface area contributed by atoms with Gasteiger partial charge in [0.15, 0.2) is 5.11 Å². The van der Waals surface area contributed by atoms with Gasteiger partial charge in [-0.15, -0.1) is 0 Å². The Balaban J connectivity index is 2.01. The number of thiocarbonyl (C=S) groups is 1. The lowest BCUT2D eigenvalue weighted by Gasteiger charge is -2.29. The fourth-order valence-corrected chi connectivity index (χ4v) is 3.84. The molecule has 1 heterocycles. The zero-order valence-electron chi connectivity index (χ0n) is 16.6. The Morgan fingerprint density at radius 3 is 2.32 bits per heavy atom. The molecule has 0 radical (unpaired) electrons. The summed E-state index contributed by atoms with van der Waals surface area (Å²) >= 11 is 5.47. The number of ether oxygens (including phenoxy) is 1. The van der Waals surface area contributed by atoms with Gasteiger partial charge >= 0.3 is 6.18 Å². The summed E-state index contributed by atoms with van der Waals surface area (Å²) in [5.41, 5.74) is -2.36. The highest BCUT2D eigenvalue weighted by molar-refractivity contribution is 7.81. The molecule has 2 aromatic carbocycles. The van der Waals surface area contributed by atoms with Gasteiger partial charge in [-0.1, -0.05) is 0 Å². The maximum Gasteiger partial charge on any atom is 0.417 e. The molecule has 0 spiro atoms. The average molecular weight is 451 g/mol. The van der Waals surface area contributed by atoms with Crippen LogP contribution in [-0.2, 0) is 11.0 Å². The van der Waals surface area contributed by atoms with E-state index in [0.29, 0.717) is 11.4 Å². The largest absolute Gasteiger partial charge is 0.491 e. The highest BCUT2D eigenvalue weighted by Crippen LogP contribution is 2.39. The third-order valence-electron chi connectivity index (χ3n) is 4.81. The van der Waals surface area contributed by atoms with Crippen LogP contribution in [0.15, 0.2) is 42.5 Å². The van der Waals surface area contributed by atoms with Crippen molar-refractivity contribution in [1.29, 1.82) is 5.26 Å². The first-order valence-electron chi connectivity index (χ1n) is 9.16. The molecule has 0 atom stereocenters. The Morgan fingerprint density at radius 2 is 1.77 bits per heavy atom. The first-order valence-corrected chi connectivity index (χ1v) is 9.57. The number of aliphatic hydroxyl groups is 1. The molecule has 10 heteroatoms. The monoisotopic (exact) mass is 451 g/mol. The van der Waals surface area contributed by atoms with Gasteiger partial charge in [-0.05, 0) is 68.5 Å². The van der Waals surface area contributed by atoms with Gasteiger partial charge in [0.05, 0.1) is 29.5 Å². The quantitative estimate of drug-likeness (QED) is 0.696. The Morgan fingerprint density at radius 1 is 1.16 bits per heavy atom. The Bertz CT molecular complexity index is 1060. The van der Waals surface area contributed by atoms with Crippen molar-refractivity contribution < 1.29 is 27.8 Å². The number of rotatable bonds is 5. The highest BCUT2D eigenvalue weighted by Gasteiger charge is 2.50. The summed E-state index contributed by atoms with van der Waals surface area (Å²) in [4.78, 5) is 15.7. The molecule has 0 saturated carbocycles. The number of carbonyl (C=O) groups is 1. The number of aliphatic hydroxyl groups excluding tert-OH is 1. The molecule has 31 heavy (non-hydrogen) atoms. The van der Waals surface area contributed by atoms with Gasteiger partial charge in [0.1, 0.15) is 17.9 Å². The van der Waals surface area contributed by atoms with E-state index >= 15 is 0 Å². The number of hydrogen-bond acceptors (Lipinski definition) is 5. The lowest BCUT2D eigenvalue weighted by molar-refractivity contribution is -0.137. The van der Waals surface area contributed by atoms with Crippen LogP contribution in [0.4, 0.5) is 24.5 Å². The third-order valence-corrected chi connectivity index (χ3v) is 5.18. The Kier molecular flexibility index (Phi) is 5.93. The number of alkyl halides is 3. The van der Waals surface area contributed by atoms with Gasteiger partial charge in [0.2, 0.25) is 0 Å². The van der Waals surface area contributed by atoms with Crippen molar-refractivity contribution >= 4 is 34.6 Å². The van der Waals surface area contributed by atoms with Crippen LogP contribution in [-0.4, -0.2) is 34.9 Å². The predicted molar refractivity (Wildman–Crippen MR) is 112 cm³/mol. The molecule has 1 aliphatic rings. The van der Waals surface area contributed by atoms with Crippen LogP contribution >= 0.6 is 12.2 Å². The zero-order valence-corrected chi connectivity index (χ0v) is 17.4. The van der Waals surface area contributed by atoms with E-state index in [9.17, 15) is 18.0 Å². The molecule has 1 N–H and O–H groups in total. The van der Waals surface area contributed by atoms with Crippen LogP contribution in [0, 0.1) is 11.3 Å². The summed E-state index contributed by atoms with van der Waals surface area (Å²) in [6.07, 6.45) is -4.76. The third kappa shape index (κ3) is 4.06. The van der Waals surface area contributed by atoms with Crippen molar-refractivity contribution in [2.75, 3.05) is 23.0 Å². The molecule has 6 nitrogen and oxygen atoms in total. The number of nitrogens with zero attached hydrogens (tertiary/aromatic N) is 3. The standard InChI is InChI=1S/C21H18F3N3O3S/c1-20(2)18(29)26(15-4-3-13(12-25)17(11-15)21(22,23)24)19(31)27(20)14-5-7-16(8-6-14)30-10-9-28/h3-8,11,28H,9-10H2,1-2H3/i12+2. The van der Waals surface area contributed by atoms with E-state index in [2.05, 4.69) is 0 Å². The second-order valence-electron chi connectivity index (χ2n) is 7.22. The van der Waals surface area contributed by atoms with Crippen molar-refractivity contribution in [3.63, 3.8) is 0 Å². The molecule has 1 aliphatic heterocycles. The van der Waals surface area contributed by atoms with Crippen molar-refractivity contribution in [1.82, 2.24) is 0 Å². The minimum atomic E-state index is -4.76. The number of nitriles is 1. The Labute approximate surface area is 182 Å². The van der Waals surface area contributed by atoms with E-state index in [1.165, 1.54) is 12.1 Å². The molecule has 1 saturated heterocycles. The summed E-state index contributed by atoms with van der Waals surface area (Å²) in [5.74, 6) is 0.00162. The summed E-state index contributed by atoms with van der Waals surface area (Å²) in [7, 11) is 0. The van der Waals surface area contributed by atoms with Crippen molar-refractivity contribution in [2.24, 2.45) is 0 Å². The average Bonchev–Trinajstić information content (AvgIpc) is 2.90. The van der Waals surface area contributed by atoms with Gasteiger partial charge in [-0.3, -0.25) is 9.69 Å². The molecule has 0 aliphatic carbocycles. The van der Waals surface area contributed by atoms with Crippen LogP contribution < -0.4 is 14.5 Å². The number of anilines is 2. The second kappa shape index (κ2) is 8.17. The smallest absolute Gasteiger partial charge is 0.417 e. The summed E-state index contributed by atoms with van der Waals surface area (Å²) < 4.78 is 45.5. The van der Waals surface area contributed by atoms with Gasteiger partial charge in [-0.2, -0.15) is 18.4 Å². The summed E-state index contributed by atoms with van der Waals surface area (Å²) in [6.45, 7) is 3.22. The minimum absolute atomic E-state index is 0.0110. The van der Waals surface area contributed by atoms with Crippen LogP contribution in [0.2, 0.25) is 0 Å². The molecule has 0 bridgehead atoms. The first kappa shape index (κ1) is 22.5. The summed E-state index contributed by atoms with van der Waals surface area (Å²) in [6, 6.07) is 11.2.